The van der Waals surface area contributed by atoms with Crippen LogP contribution in [0, 0.1) is 6.92 Å². The molecular weight excluding hydrogens is 292 g/mol. The minimum Gasteiger partial charge on any atom is -0.310 e. The van der Waals surface area contributed by atoms with E-state index < -0.39 is 0 Å². The molecule has 0 radical (unpaired) electrons. The van der Waals surface area contributed by atoms with Gasteiger partial charge in [-0.15, -0.1) is 0 Å². The molecule has 2 aromatic rings. The van der Waals surface area contributed by atoms with Gasteiger partial charge in [0.25, 0.3) is 5.91 Å². The molecule has 0 aliphatic heterocycles. The summed E-state index contributed by atoms with van der Waals surface area (Å²) >= 11 is 3.40. The van der Waals surface area contributed by atoms with Crippen molar-refractivity contribution in [1.29, 1.82) is 0 Å². The first-order chi connectivity index (χ1) is 8.58. The second-order valence-corrected chi connectivity index (χ2v) is 5.01. The smallest absolute Gasteiger partial charge is 0.258 e. The lowest BCUT2D eigenvalue weighted by Gasteiger charge is -2.17. The maximum atomic E-state index is 12.3. The van der Waals surface area contributed by atoms with Crippen LogP contribution in [0.2, 0.25) is 0 Å². The van der Waals surface area contributed by atoms with E-state index in [1.165, 1.54) is 0 Å². The zero-order valence-corrected chi connectivity index (χ0v) is 11.8. The Morgan fingerprint density at radius 2 is 2.11 bits per heavy atom. The van der Waals surface area contributed by atoms with Crippen LogP contribution < -0.4 is 4.90 Å². The third kappa shape index (κ3) is 2.76. The SMILES string of the molecule is Cc1cc(Br)cc(C(=O)N(C)c2cccnc2)c1. The van der Waals surface area contributed by atoms with E-state index in [2.05, 4.69) is 20.9 Å². The number of aryl methyl sites for hydroxylation is 1. The van der Waals surface area contributed by atoms with Crippen LogP contribution in [0.15, 0.2) is 47.2 Å². The fraction of sp³-hybridized carbons (Fsp3) is 0.143. The van der Waals surface area contributed by atoms with Gasteiger partial charge in [0.1, 0.15) is 0 Å². The molecule has 92 valence electrons. The number of amides is 1. The number of aromatic nitrogens is 1. The number of benzene rings is 1. The standard InChI is InChI=1S/C14H13BrN2O/c1-10-6-11(8-12(15)7-10)14(18)17(2)13-4-3-5-16-9-13/h3-9H,1-2H3. The molecule has 0 aliphatic rings. The Morgan fingerprint density at radius 1 is 1.33 bits per heavy atom. The fourth-order valence-corrected chi connectivity index (χ4v) is 2.33. The van der Waals surface area contributed by atoms with Gasteiger partial charge in [-0.2, -0.15) is 0 Å². The van der Waals surface area contributed by atoms with Crippen LogP contribution >= 0.6 is 15.9 Å². The van der Waals surface area contributed by atoms with Crippen molar-refractivity contribution >= 4 is 27.5 Å². The predicted octanol–water partition coefficient (Wildman–Crippen LogP) is 3.43. The first kappa shape index (κ1) is 12.8. The van der Waals surface area contributed by atoms with Crippen LogP contribution in [0.4, 0.5) is 5.69 Å². The molecule has 1 amide bonds. The van der Waals surface area contributed by atoms with Crippen LogP contribution in [0.25, 0.3) is 0 Å². The first-order valence-corrected chi connectivity index (χ1v) is 6.32. The summed E-state index contributed by atoms with van der Waals surface area (Å²) in [5.74, 6) is -0.0487. The normalized spacial score (nSPS) is 10.2. The summed E-state index contributed by atoms with van der Waals surface area (Å²) in [6, 6.07) is 9.34. The van der Waals surface area contributed by atoms with Gasteiger partial charge in [0, 0.05) is 23.3 Å². The van der Waals surface area contributed by atoms with Crippen LogP contribution in [0.5, 0.6) is 0 Å². The highest BCUT2D eigenvalue weighted by atomic mass is 79.9. The minimum atomic E-state index is -0.0487. The molecule has 2 rings (SSSR count). The van der Waals surface area contributed by atoms with E-state index in [1.54, 1.807) is 24.3 Å². The van der Waals surface area contributed by atoms with Crippen molar-refractivity contribution in [3.63, 3.8) is 0 Å². The van der Waals surface area contributed by atoms with Crippen molar-refractivity contribution in [3.05, 3.63) is 58.3 Å². The van der Waals surface area contributed by atoms with Gasteiger partial charge in [-0.3, -0.25) is 9.78 Å². The summed E-state index contributed by atoms with van der Waals surface area (Å²) in [5.41, 5.74) is 2.49. The number of halogens is 1. The molecule has 0 bridgehead atoms. The molecule has 0 unspecified atom stereocenters. The topological polar surface area (TPSA) is 33.2 Å². The number of carbonyl (C=O) groups is 1. The van der Waals surface area contributed by atoms with E-state index >= 15 is 0 Å². The molecule has 0 atom stereocenters. The second-order valence-electron chi connectivity index (χ2n) is 4.09. The van der Waals surface area contributed by atoms with Gasteiger partial charge in [-0.05, 0) is 42.8 Å². The molecule has 0 saturated heterocycles. The highest BCUT2D eigenvalue weighted by Crippen LogP contribution is 2.19. The predicted molar refractivity (Wildman–Crippen MR) is 75.8 cm³/mol. The highest BCUT2D eigenvalue weighted by Gasteiger charge is 2.14. The van der Waals surface area contributed by atoms with Gasteiger partial charge in [0.15, 0.2) is 0 Å². The lowest BCUT2D eigenvalue weighted by Crippen LogP contribution is -2.26. The lowest BCUT2D eigenvalue weighted by molar-refractivity contribution is 0.0993. The van der Waals surface area contributed by atoms with E-state index in [0.29, 0.717) is 5.56 Å². The summed E-state index contributed by atoms with van der Waals surface area (Å²) < 4.78 is 0.908. The van der Waals surface area contributed by atoms with Gasteiger partial charge in [-0.1, -0.05) is 15.9 Å². The third-order valence-electron chi connectivity index (χ3n) is 2.63. The van der Waals surface area contributed by atoms with E-state index in [1.807, 2.05) is 37.3 Å². The molecule has 1 heterocycles. The van der Waals surface area contributed by atoms with Gasteiger partial charge >= 0.3 is 0 Å². The zero-order chi connectivity index (χ0) is 13.1. The monoisotopic (exact) mass is 304 g/mol. The van der Waals surface area contributed by atoms with E-state index in [-0.39, 0.29) is 5.91 Å². The van der Waals surface area contributed by atoms with E-state index in [9.17, 15) is 4.79 Å². The van der Waals surface area contributed by atoms with Crippen molar-refractivity contribution in [2.24, 2.45) is 0 Å². The maximum absolute atomic E-state index is 12.3. The van der Waals surface area contributed by atoms with Crippen molar-refractivity contribution in [2.45, 2.75) is 6.92 Å². The lowest BCUT2D eigenvalue weighted by atomic mass is 10.1. The van der Waals surface area contributed by atoms with Crippen molar-refractivity contribution < 1.29 is 4.79 Å². The number of hydrogen-bond donors (Lipinski definition) is 0. The number of hydrogen-bond acceptors (Lipinski definition) is 2. The molecule has 1 aromatic carbocycles. The minimum absolute atomic E-state index is 0.0487. The first-order valence-electron chi connectivity index (χ1n) is 5.53. The Kier molecular flexibility index (Phi) is 3.77. The largest absolute Gasteiger partial charge is 0.310 e. The average molecular weight is 305 g/mol. The summed E-state index contributed by atoms with van der Waals surface area (Å²) in [6.45, 7) is 1.96. The molecule has 0 saturated carbocycles. The maximum Gasteiger partial charge on any atom is 0.258 e. The molecular formula is C14H13BrN2O. The second kappa shape index (κ2) is 5.31. The van der Waals surface area contributed by atoms with Gasteiger partial charge in [-0.25, -0.2) is 0 Å². The molecule has 0 aliphatic carbocycles. The molecule has 0 fully saturated rings. The fourth-order valence-electron chi connectivity index (χ4n) is 1.72. The van der Waals surface area contributed by atoms with E-state index in [0.717, 1.165) is 15.7 Å². The molecule has 0 spiro atoms. The van der Waals surface area contributed by atoms with Crippen LogP contribution in [0.1, 0.15) is 15.9 Å². The van der Waals surface area contributed by atoms with Crippen molar-refractivity contribution in [2.75, 3.05) is 11.9 Å². The summed E-state index contributed by atoms with van der Waals surface area (Å²) in [4.78, 5) is 17.9. The molecule has 3 nitrogen and oxygen atoms in total. The van der Waals surface area contributed by atoms with Crippen LogP contribution in [-0.4, -0.2) is 17.9 Å². The Labute approximate surface area is 115 Å². The van der Waals surface area contributed by atoms with Gasteiger partial charge < -0.3 is 4.90 Å². The number of nitrogens with zero attached hydrogens (tertiary/aromatic N) is 2. The summed E-state index contributed by atoms with van der Waals surface area (Å²) in [5, 5.41) is 0. The average Bonchev–Trinajstić information content (AvgIpc) is 2.37. The Morgan fingerprint density at radius 3 is 2.72 bits per heavy atom. The molecule has 0 N–H and O–H groups in total. The number of pyridine rings is 1. The molecule has 18 heavy (non-hydrogen) atoms. The summed E-state index contributed by atoms with van der Waals surface area (Å²) in [6.07, 6.45) is 3.35. The van der Waals surface area contributed by atoms with Crippen LogP contribution in [0.3, 0.4) is 0 Å². The van der Waals surface area contributed by atoms with Gasteiger partial charge in [0.05, 0.1) is 11.9 Å². The number of anilines is 1. The number of rotatable bonds is 2. The molecule has 4 heteroatoms. The third-order valence-corrected chi connectivity index (χ3v) is 3.08. The highest BCUT2D eigenvalue weighted by molar-refractivity contribution is 9.10. The summed E-state index contributed by atoms with van der Waals surface area (Å²) in [7, 11) is 1.75. The van der Waals surface area contributed by atoms with Gasteiger partial charge in [0.2, 0.25) is 0 Å². The quantitative estimate of drug-likeness (QED) is 0.851. The van der Waals surface area contributed by atoms with Crippen molar-refractivity contribution in [1.82, 2.24) is 4.98 Å². The Hall–Kier alpha value is -1.68. The van der Waals surface area contributed by atoms with E-state index in [4.69, 9.17) is 0 Å². The molecule has 1 aromatic heterocycles. The Bertz CT molecular complexity index is 549. The van der Waals surface area contributed by atoms with Crippen molar-refractivity contribution in [3.8, 4) is 0 Å². The number of carbonyl (C=O) groups excluding carboxylic acids is 1. The van der Waals surface area contributed by atoms with Crippen LogP contribution in [-0.2, 0) is 0 Å². The Balaban J connectivity index is 2.31. The zero-order valence-electron chi connectivity index (χ0n) is 10.2.